The van der Waals surface area contributed by atoms with Gasteiger partial charge in [0.2, 0.25) is 11.8 Å². The Labute approximate surface area is 141 Å². The van der Waals surface area contributed by atoms with E-state index in [0.717, 1.165) is 22.1 Å². The van der Waals surface area contributed by atoms with Crippen LogP contribution in [0, 0.1) is 5.92 Å². The van der Waals surface area contributed by atoms with E-state index in [1.807, 2.05) is 43.3 Å². The maximum Gasteiger partial charge on any atom is 0.242 e. The van der Waals surface area contributed by atoms with Gasteiger partial charge in [-0.3, -0.25) is 9.59 Å². The van der Waals surface area contributed by atoms with Gasteiger partial charge in [-0.2, -0.15) is 0 Å². The van der Waals surface area contributed by atoms with Gasteiger partial charge in [-0.1, -0.05) is 31.2 Å². The summed E-state index contributed by atoms with van der Waals surface area (Å²) in [6.07, 6.45) is 1.17. The Bertz CT molecular complexity index is 772. The molecule has 1 fully saturated rings. The van der Waals surface area contributed by atoms with Crippen LogP contribution in [0.5, 0.6) is 5.75 Å². The van der Waals surface area contributed by atoms with Crippen LogP contribution in [0.1, 0.15) is 25.3 Å². The average Bonchev–Trinajstić information content (AvgIpc) is 2.58. The van der Waals surface area contributed by atoms with Gasteiger partial charge in [-0.25, -0.2) is 0 Å². The third kappa shape index (κ3) is 3.50. The Kier molecular flexibility index (Phi) is 4.69. The van der Waals surface area contributed by atoms with Gasteiger partial charge in [0.1, 0.15) is 11.8 Å². The highest BCUT2D eigenvalue weighted by Gasteiger charge is 2.28. The highest BCUT2D eigenvalue weighted by atomic mass is 16.5. The third-order valence-electron chi connectivity index (χ3n) is 4.39. The standard InChI is InChI=1S/C19H22N2O3/c1-12-7-16(21-18(22)8-12)19(23)20-11-13-9-14-5-3-4-6-15(14)17(10-13)24-2/h3-6,9-10,12,16H,7-8,11H2,1-2H3,(H,20,23)(H,21,22)/t12-,16-/m0/s1. The number of fused-ring (bicyclic) bond motifs is 1. The zero-order valence-electron chi connectivity index (χ0n) is 14.0. The molecule has 24 heavy (non-hydrogen) atoms. The van der Waals surface area contributed by atoms with Crippen molar-refractivity contribution < 1.29 is 14.3 Å². The summed E-state index contributed by atoms with van der Waals surface area (Å²) < 4.78 is 5.45. The summed E-state index contributed by atoms with van der Waals surface area (Å²) in [5.41, 5.74) is 0.967. The van der Waals surface area contributed by atoms with Crippen molar-refractivity contribution in [2.75, 3.05) is 7.11 Å². The van der Waals surface area contributed by atoms with E-state index in [9.17, 15) is 9.59 Å². The SMILES string of the molecule is COc1cc(CNC(=O)[C@@H]2C[C@H](C)CC(=O)N2)cc2ccccc12. The molecule has 0 radical (unpaired) electrons. The molecule has 3 rings (SSSR count). The summed E-state index contributed by atoms with van der Waals surface area (Å²) >= 11 is 0. The monoisotopic (exact) mass is 326 g/mol. The van der Waals surface area contributed by atoms with E-state index in [-0.39, 0.29) is 17.7 Å². The van der Waals surface area contributed by atoms with Crippen LogP contribution >= 0.6 is 0 Å². The molecule has 0 saturated carbocycles. The smallest absolute Gasteiger partial charge is 0.242 e. The first kappa shape index (κ1) is 16.3. The minimum atomic E-state index is -0.441. The van der Waals surface area contributed by atoms with Gasteiger partial charge in [0.25, 0.3) is 0 Å². The predicted octanol–water partition coefficient (Wildman–Crippen LogP) is 2.38. The lowest BCUT2D eigenvalue weighted by Crippen LogP contribution is -2.50. The molecule has 2 aromatic carbocycles. The number of amides is 2. The molecule has 126 valence electrons. The molecule has 1 heterocycles. The molecular formula is C19H22N2O3. The molecule has 1 aliphatic rings. The van der Waals surface area contributed by atoms with Crippen LogP contribution in [0.15, 0.2) is 36.4 Å². The molecule has 0 bridgehead atoms. The molecule has 2 N–H and O–H groups in total. The lowest BCUT2D eigenvalue weighted by atomic mass is 9.93. The molecule has 0 spiro atoms. The van der Waals surface area contributed by atoms with Crippen LogP contribution in [0.25, 0.3) is 10.8 Å². The Balaban J connectivity index is 1.71. The summed E-state index contributed by atoms with van der Waals surface area (Å²) in [7, 11) is 1.64. The van der Waals surface area contributed by atoms with E-state index in [4.69, 9.17) is 4.74 Å². The van der Waals surface area contributed by atoms with Gasteiger partial charge in [0, 0.05) is 18.4 Å². The van der Waals surface area contributed by atoms with Crippen LogP contribution in [0.3, 0.4) is 0 Å². The lowest BCUT2D eigenvalue weighted by molar-refractivity contribution is -0.132. The maximum atomic E-state index is 12.3. The van der Waals surface area contributed by atoms with E-state index < -0.39 is 6.04 Å². The molecule has 2 aromatic rings. The van der Waals surface area contributed by atoms with Gasteiger partial charge in [0.15, 0.2) is 0 Å². The van der Waals surface area contributed by atoms with Gasteiger partial charge < -0.3 is 15.4 Å². The molecule has 2 amide bonds. The number of hydrogen-bond donors (Lipinski definition) is 2. The van der Waals surface area contributed by atoms with Crippen molar-refractivity contribution in [3.8, 4) is 5.75 Å². The molecular weight excluding hydrogens is 304 g/mol. The summed E-state index contributed by atoms with van der Waals surface area (Å²) in [5, 5.41) is 7.79. The van der Waals surface area contributed by atoms with Crippen molar-refractivity contribution in [3.05, 3.63) is 42.0 Å². The van der Waals surface area contributed by atoms with Crippen LogP contribution < -0.4 is 15.4 Å². The highest BCUT2D eigenvalue weighted by Crippen LogP contribution is 2.27. The summed E-state index contributed by atoms with van der Waals surface area (Å²) in [6, 6.07) is 11.5. The van der Waals surface area contributed by atoms with Crippen molar-refractivity contribution in [3.63, 3.8) is 0 Å². The Morgan fingerprint density at radius 3 is 2.88 bits per heavy atom. The zero-order chi connectivity index (χ0) is 17.1. The number of benzene rings is 2. The first-order valence-corrected chi connectivity index (χ1v) is 8.19. The number of nitrogens with one attached hydrogen (secondary N) is 2. The van der Waals surface area contributed by atoms with Gasteiger partial charge in [0.05, 0.1) is 7.11 Å². The second-order valence-corrected chi connectivity index (χ2v) is 6.40. The fraction of sp³-hybridized carbons (Fsp3) is 0.368. The molecule has 5 heteroatoms. The fourth-order valence-electron chi connectivity index (χ4n) is 3.21. The van der Waals surface area contributed by atoms with Crippen LogP contribution in [-0.2, 0) is 16.1 Å². The molecule has 0 aliphatic carbocycles. The third-order valence-corrected chi connectivity index (χ3v) is 4.39. The van der Waals surface area contributed by atoms with Crippen molar-refractivity contribution in [1.29, 1.82) is 0 Å². The van der Waals surface area contributed by atoms with E-state index in [1.54, 1.807) is 7.11 Å². The lowest BCUT2D eigenvalue weighted by Gasteiger charge is -2.26. The Morgan fingerprint density at radius 2 is 2.12 bits per heavy atom. The number of ether oxygens (including phenoxy) is 1. The number of methoxy groups -OCH3 is 1. The summed E-state index contributed by atoms with van der Waals surface area (Å²) in [6.45, 7) is 2.40. The molecule has 1 saturated heterocycles. The molecule has 0 aromatic heterocycles. The molecule has 0 unspecified atom stereocenters. The van der Waals surface area contributed by atoms with Crippen molar-refractivity contribution in [2.24, 2.45) is 5.92 Å². The number of hydrogen-bond acceptors (Lipinski definition) is 3. The van der Waals surface area contributed by atoms with E-state index in [1.165, 1.54) is 0 Å². The van der Waals surface area contributed by atoms with Crippen molar-refractivity contribution in [1.82, 2.24) is 10.6 Å². The first-order chi connectivity index (χ1) is 11.6. The first-order valence-electron chi connectivity index (χ1n) is 8.19. The Hall–Kier alpha value is -2.56. The highest BCUT2D eigenvalue weighted by molar-refractivity contribution is 5.90. The number of rotatable bonds is 4. The number of piperidine rings is 1. The summed E-state index contributed by atoms with van der Waals surface area (Å²) in [4.78, 5) is 23.9. The van der Waals surface area contributed by atoms with Crippen LogP contribution in [0.2, 0.25) is 0 Å². The topological polar surface area (TPSA) is 67.4 Å². The van der Waals surface area contributed by atoms with E-state index >= 15 is 0 Å². The van der Waals surface area contributed by atoms with E-state index in [0.29, 0.717) is 19.4 Å². The Morgan fingerprint density at radius 1 is 1.33 bits per heavy atom. The van der Waals surface area contributed by atoms with Crippen molar-refractivity contribution >= 4 is 22.6 Å². The normalized spacial score (nSPS) is 20.5. The summed E-state index contributed by atoms with van der Waals surface area (Å²) in [5.74, 6) is 0.829. The molecule has 5 nitrogen and oxygen atoms in total. The maximum absolute atomic E-state index is 12.3. The minimum absolute atomic E-state index is 0.0544. The second kappa shape index (κ2) is 6.91. The largest absolute Gasteiger partial charge is 0.496 e. The van der Waals surface area contributed by atoms with E-state index in [2.05, 4.69) is 10.6 Å². The second-order valence-electron chi connectivity index (χ2n) is 6.40. The number of carbonyl (C=O) groups excluding carboxylic acids is 2. The quantitative estimate of drug-likeness (QED) is 0.906. The predicted molar refractivity (Wildman–Crippen MR) is 92.7 cm³/mol. The van der Waals surface area contributed by atoms with Crippen molar-refractivity contribution in [2.45, 2.75) is 32.4 Å². The molecule has 1 aliphatic heterocycles. The number of carbonyl (C=O) groups is 2. The minimum Gasteiger partial charge on any atom is -0.496 e. The fourth-order valence-corrected chi connectivity index (χ4v) is 3.21. The van der Waals surface area contributed by atoms with Crippen LogP contribution in [0.4, 0.5) is 0 Å². The molecule has 2 atom stereocenters. The van der Waals surface area contributed by atoms with Gasteiger partial charge in [-0.15, -0.1) is 0 Å². The van der Waals surface area contributed by atoms with Gasteiger partial charge in [-0.05, 0) is 35.4 Å². The zero-order valence-corrected chi connectivity index (χ0v) is 14.0. The van der Waals surface area contributed by atoms with Crippen LogP contribution in [-0.4, -0.2) is 25.0 Å². The average molecular weight is 326 g/mol. The van der Waals surface area contributed by atoms with Gasteiger partial charge >= 0.3 is 0 Å².